The summed E-state index contributed by atoms with van der Waals surface area (Å²) in [6.45, 7) is 3.44. The van der Waals surface area contributed by atoms with Gasteiger partial charge in [-0.15, -0.1) is 0 Å². The molecule has 0 saturated heterocycles. The number of nitrogens with one attached hydrogen (secondary N) is 1. The molecule has 1 amide bonds. The second-order valence-electron chi connectivity index (χ2n) is 1.44. The summed E-state index contributed by atoms with van der Waals surface area (Å²) in [5.74, 6) is -0.0744. The van der Waals surface area contributed by atoms with Gasteiger partial charge in [-0.25, -0.2) is 0 Å². The molecule has 1 N–H and O–H groups in total. The topological polar surface area (TPSA) is 29.1 Å². The van der Waals surface area contributed by atoms with Gasteiger partial charge in [0.15, 0.2) is 0 Å². The lowest BCUT2D eigenvalue weighted by atomic mass is 10.5. The van der Waals surface area contributed by atoms with Crippen molar-refractivity contribution in [2.45, 2.75) is 20.3 Å². The lowest BCUT2D eigenvalue weighted by Crippen LogP contribution is -2.11. The maximum atomic E-state index is 10.1. The standard InChI is InChI=1S/C6H10NO/c1-3-4-5-7-6(2)8/h4H,3H2,1-2H3,(H,7,8). The Balaban J connectivity index is 3.16. The Hall–Kier alpha value is -0.790. The van der Waals surface area contributed by atoms with Gasteiger partial charge in [-0.3, -0.25) is 4.79 Å². The van der Waals surface area contributed by atoms with Crippen LogP contribution in [0.4, 0.5) is 0 Å². The number of amides is 1. The predicted molar refractivity (Wildman–Crippen MR) is 31.9 cm³/mol. The van der Waals surface area contributed by atoms with Gasteiger partial charge in [0.25, 0.3) is 0 Å². The SMILES string of the molecule is CC/C=[C]/NC(C)=O. The van der Waals surface area contributed by atoms with Crippen LogP contribution < -0.4 is 5.32 Å². The zero-order valence-corrected chi connectivity index (χ0v) is 5.19. The highest BCUT2D eigenvalue weighted by atomic mass is 16.1. The third-order valence-corrected chi connectivity index (χ3v) is 0.554. The molecule has 8 heavy (non-hydrogen) atoms. The number of rotatable bonds is 2. The van der Waals surface area contributed by atoms with Gasteiger partial charge < -0.3 is 5.32 Å². The largest absolute Gasteiger partial charge is 0.325 e. The molecule has 0 atom stereocenters. The Kier molecular flexibility index (Phi) is 3.94. The van der Waals surface area contributed by atoms with Gasteiger partial charge in [-0.2, -0.15) is 0 Å². The molecule has 0 aromatic carbocycles. The summed E-state index contributed by atoms with van der Waals surface area (Å²) in [6, 6.07) is 0. The van der Waals surface area contributed by atoms with E-state index in [-0.39, 0.29) is 5.91 Å². The molecule has 0 unspecified atom stereocenters. The van der Waals surface area contributed by atoms with Crippen molar-refractivity contribution in [3.05, 3.63) is 12.3 Å². The van der Waals surface area contributed by atoms with Gasteiger partial charge in [0, 0.05) is 6.92 Å². The molecule has 0 rings (SSSR count). The van der Waals surface area contributed by atoms with E-state index in [1.54, 1.807) is 6.08 Å². The average molecular weight is 112 g/mol. The van der Waals surface area contributed by atoms with Crippen molar-refractivity contribution in [1.82, 2.24) is 5.32 Å². The molecular formula is C6H10NO. The van der Waals surface area contributed by atoms with E-state index in [0.29, 0.717) is 0 Å². The highest BCUT2D eigenvalue weighted by Crippen LogP contribution is 1.73. The number of carbonyl (C=O) groups excluding carboxylic acids is 1. The first kappa shape index (κ1) is 7.21. The van der Waals surface area contributed by atoms with Crippen LogP contribution in [-0.2, 0) is 4.79 Å². The zero-order valence-electron chi connectivity index (χ0n) is 5.19. The Morgan fingerprint density at radius 1 is 1.88 bits per heavy atom. The minimum absolute atomic E-state index is 0.0744. The summed E-state index contributed by atoms with van der Waals surface area (Å²) in [5, 5.41) is 2.40. The highest BCUT2D eigenvalue weighted by Gasteiger charge is 1.79. The fraction of sp³-hybridized carbons (Fsp3) is 0.500. The molecule has 0 spiro atoms. The molecule has 0 aliphatic rings. The third kappa shape index (κ3) is 5.21. The van der Waals surface area contributed by atoms with Crippen LogP contribution in [0.15, 0.2) is 6.08 Å². The van der Waals surface area contributed by atoms with Crippen molar-refractivity contribution in [3.8, 4) is 0 Å². The van der Waals surface area contributed by atoms with Gasteiger partial charge in [0.1, 0.15) is 0 Å². The van der Waals surface area contributed by atoms with Crippen LogP contribution in [0.3, 0.4) is 0 Å². The van der Waals surface area contributed by atoms with Crippen molar-refractivity contribution in [3.63, 3.8) is 0 Å². The van der Waals surface area contributed by atoms with Crippen molar-refractivity contribution >= 4 is 5.91 Å². The van der Waals surface area contributed by atoms with E-state index in [4.69, 9.17) is 0 Å². The summed E-state index contributed by atoms with van der Waals surface area (Å²) in [6.07, 6.45) is 5.28. The normalized spacial score (nSPS) is 9.75. The van der Waals surface area contributed by atoms with Crippen molar-refractivity contribution in [2.24, 2.45) is 0 Å². The lowest BCUT2D eigenvalue weighted by molar-refractivity contribution is -0.118. The quantitative estimate of drug-likeness (QED) is 0.527. The van der Waals surface area contributed by atoms with Crippen molar-refractivity contribution < 1.29 is 4.79 Å². The van der Waals surface area contributed by atoms with Gasteiger partial charge in [-0.1, -0.05) is 13.0 Å². The van der Waals surface area contributed by atoms with Crippen LogP contribution in [-0.4, -0.2) is 5.91 Å². The molecule has 0 saturated carbocycles. The maximum Gasteiger partial charge on any atom is 0.221 e. The highest BCUT2D eigenvalue weighted by molar-refractivity contribution is 5.73. The number of carbonyl (C=O) groups is 1. The van der Waals surface area contributed by atoms with E-state index in [1.807, 2.05) is 6.92 Å². The smallest absolute Gasteiger partial charge is 0.221 e. The van der Waals surface area contributed by atoms with Crippen LogP contribution in [0.1, 0.15) is 20.3 Å². The summed E-state index contributed by atoms with van der Waals surface area (Å²) in [7, 11) is 0. The molecule has 0 aromatic rings. The van der Waals surface area contributed by atoms with E-state index >= 15 is 0 Å². The average Bonchev–Trinajstić information content (AvgIpc) is 1.66. The Morgan fingerprint density at radius 3 is 2.88 bits per heavy atom. The molecule has 0 bridgehead atoms. The predicted octanol–water partition coefficient (Wildman–Crippen LogP) is 0.849. The third-order valence-electron chi connectivity index (χ3n) is 0.554. The molecule has 1 radical (unpaired) electrons. The second-order valence-corrected chi connectivity index (χ2v) is 1.44. The number of hydrogen-bond donors (Lipinski definition) is 1. The summed E-state index contributed by atoms with van der Waals surface area (Å²) >= 11 is 0. The van der Waals surface area contributed by atoms with Crippen LogP contribution in [0.2, 0.25) is 0 Å². The first-order chi connectivity index (χ1) is 3.77. The molecule has 0 heterocycles. The minimum Gasteiger partial charge on any atom is -0.325 e. The van der Waals surface area contributed by atoms with Gasteiger partial charge in [-0.05, 0) is 6.42 Å². The first-order valence-electron chi connectivity index (χ1n) is 2.61. The Labute approximate surface area is 49.6 Å². The van der Waals surface area contributed by atoms with Gasteiger partial charge >= 0.3 is 0 Å². The molecule has 2 nitrogen and oxygen atoms in total. The fourth-order valence-electron chi connectivity index (χ4n) is 0.255. The minimum atomic E-state index is -0.0744. The van der Waals surface area contributed by atoms with Crippen molar-refractivity contribution in [1.29, 1.82) is 0 Å². The fourth-order valence-corrected chi connectivity index (χ4v) is 0.255. The molecule has 0 aliphatic carbocycles. The maximum absolute atomic E-state index is 10.1. The summed E-state index contributed by atoms with van der Waals surface area (Å²) in [5.41, 5.74) is 0. The van der Waals surface area contributed by atoms with E-state index in [2.05, 4.69) is 11.5 Å². The van der Waals surface area contributed by atoms with E-state index in [1.165, 1.54) is 6.92 Å². The molecule has 0 aliphatic heterocycles. The van der Waals surface area contributed by atoms with Crippen LogP contribution in [0, 0.1) is 6.20 Å². The van der Waals surface area contributed by atoms with Crippen LogP contribution >= 0.6 is 0 Å². The van der Waals surface area contributed by atoms with Crippen molar-refractivity contribution in [2.75, 3.05) is 0 Å². The number of hydrogen-bond acceptors (Lipinski definition) is 1. The Bertz CT molecular complexity index is 96.7. The van der Waals surface area contributed by atoms with Gasteiger partial charge in [0.2, 0.25) is 5.91 Å². The zero-order chi connectivity index (χ0) is 6.41. The van der Waals surface area contributed by atoms with Crippen LogP contribution in [0.5, 0.6) is 0 Å². The summed E-state index contributed by atoms with van der Waals surface area (Å²) in [4.78, 5) is 10.1. The second kappa shape index (κ2) is 4.37. The van der Waals surface area contributed by atoms with E-state index in [0.717, 1.165) is 6.42 Å². The molecule has 45 valence electrons. The molecule has 0 aromatic heterocycles. The van der Waals surface area contributed by atoms with Crippen LogP contribution in [0.25, 0.3) is 0 Å². The van der Waals surface area contributed by atoms with E-state index < -0.39 is 0 Å². The Morgan fingerprint density at radius 2 is 2.50 bits per heavy atom. The van der Waals surface area contributed by atoms with E-state index in [9.17, 15) is 4.79 Å². The summed E-state index contributed by atoms with van der Waals surface area (Å²) < 4.78 is 0. The first-order valence-corrected chi connectivity index (χ1v) is 2.61. The molecular weight excluding hydrogens is 102 g/mol. The monoisotopic (exact) mass is 112 g/mol. The lowest BCUT2D eigenvalue weighted by Gasteiger charge is -1.85. The van der Waals surface area contributed by atoms with Gasteiger partial charge in [0.05, 0.1) is 6.20 Å². The molecule has 0 fully saturated rings. The number of allylic oxidation sites excluding steroid dienone is 1. The molecule has 2 heteroatoms.